The Morgan fingerprint density at radius 2 is 1.92 bits per heavy atom. The Bertz CT molecular complexity index is 1400. The fourth-order valence-corrected chi connectivity index (χ4v) is 6.47. The molecule has 1 aromatic carbocycles. The van der Waals surface area contributed by atoms with E-state index in [2.05, 4.69) is 60.5 Å². The lowest BCUT2D eigenvalue weighted by Gasteiger charge is -2.28. The second kappa shape index (κ2) is 9.97. The number of pyridine rings is 1. The summed E-state index contributed by atoms with van der Waals surface area (Å²) in [6, 6.07) is 12.7. The highest BCUT2D eigenvalue weighted by Gasteiger charge is 2.40. The predicted octanol–water partition coefficient (Wildman–Crippen LogP) is 6.09. The number of fused-ring (bicyclic) bond motifs is 1. The first-order valence-corrected chi connectivity index (χ1v) is 13.9. The monoisotopic (exact) mass is 508 g/mol. The normalized spacial score (nSPS) is 24.5. The summed E-state index contributed by atoms with van der Waals surface area (Å²) in [4.78, 5) is 24.7. The van der Waals surface area contributed by atoms with Crippen molar-refractivity contribution in [2.24, 2.45) is 30.0 Å². The second-order valence-corrected chi connectivity index (χ2v) is 11.4. The first-order chi connectivity index (χ1) is 18.4. The largest absolute Gasteiger partial charge is 0.392 e. The van der Waals surface area contributed by atoms with Crippen LogP contribution in [0.5, 0.6) is 0 Å². The average Bonchev–Trinajstić information content (AvgIpc) is 3.64. The first-order valence-electron chi connectivity index (χ1n) is 13.9. The van der Waals surface area contributed by atoms with Gasteiger partial charge in [-0.25, -0.2) is 0 Å². The number of Topliss-reactive ketones (excluding diaryl/α,β-unsaturated/α-hetero) is 1. The van der Waals surface area contributed by atoms with E-state index in [9.17, 15) is 4.79 Å². The van der Waals surface area contributed by atoms with Gasteiger partial charge in [0.25, 0.3) is 0 Å². The maximum absolute atomic E-state index is 14.1. The van der Waals surface area contributed by atoms with E-state index in [1.54, 1.807) is 0 Å². The molecule has 5 atom stereocenters. The van der Waals surface area contributed by atoms with Gasteiger partial charge >= 0.3 is 0 Å². The number of hydrogen-bond acceptors (Lipinski definition) is 5. The topological polar surface area (TPSA) is 69.4 Å². The van der Waals surface area contributed by atoms with Gasteiger partial charge in [-0.3, -0.25) is 14.5 Å². The lowest BCUT2D eigenvalue weighted by molar-refractivity contribution is -0.125. The van der Waals surface area contributed by atoms with Gasteiger partial charge in [-0.2, -0.15) is 5.10 Å². The van der Waals surface area contributed by atoms with Gasteiger partial charge in [0.1, 0.15) is 11.9 Å². The number of ketones is 1. The zero-order chi connectivity index (χ0) is 26.4. The van der Waals surface area contributed by atoms with Crippen LogP contribution in [-0.2, 0) is 23.1 Å². The summed E-state index contributed by atoms with van der Waals surface area (Å²) in [6.07, 6.45) is 12.1. The highest BCUT2D eigenvalue weighted by Crippen LogP contribution is 2.44. The molecule has 0 spiro atoms. The third kappa shape index (κ3) is 4.61. The van der Waals surface area contributed by atoms with Crippen LogP contribution in [0.4, 0.5) is 0 Å². The molecule has 38 heavy (non-hydrogen) atoms. The summed E-state index contributed by atoms with van der Waals surface area (Å²) in [5.41, 5.74) is 7.54. The third-order valence-electron chi connectivity index (χ3n) is 8.72. The fraction of sp³-hybridized carbons (Fsp3) is 0.438. The number of hydrogen-bond donors (Lipinski definition) is 0. The molecule has 3 aromatic rings. The lowest BCUT2D eigenvalue weighted by atomic mass is 9.74. The van der Waals surface area contributed by atoms with Crippen LogP contribution in [0.2, 0.25) is 0 Å². The van der Waals surface area contributed by atoms with Crippen molar-refractivity contribution in [1.82, 2.24) is 14.8 Å². The van der Waals surface area contributed by atoms with Crippen LogP contribution in [-0.4, -0.2) is 32.4 Å². The molecule has 3 aliphatic rings. The maximum atomic E-state index is 14.1. The van der Waals surface area contributed by atoms with E-state index in [4.69, 9.17) is 9.82 Å². The molecule has 0 bridgehead atoms. The van der Waals surface area contributed by atoms with E-state index in [0.29, 0.717) is 11.7 Å². The standard InChI is InChI=1S/C32H36N4O2/c1-19(22-10-11-22)32(37)30(23-8-6-5-7-9-23)24-12-13-28(27-17-34-36(4)18-27)31-25(14-24)15-26(16-33-31)29-20(2)35-38-21(29)3/h5-9,13,15-19,21-22,24,29-30H,10-12,14H2,1-4H3. The minimum Gasteiger partial charge on any atom is -0.392 e. The van der Waals surface area contributed by atoms with Crippen LogP contribution in [0, 0.1) is 17.8 Å². The molecule has 1 aliphatic heterocycles. The predicted molar refractivity (Wildman–Crippen MR) is 149 cm³/mol. The van der Waals surface area contributed by atoms with Crippen LogP contribution >= 0.6 is 0 Å². The molecule has 6 rings (SSSR count). The summed E-state index contributed by atoms with van der Waals surface area (Å²) >= 11 is 0. The molecule has 2 aromatic heterocycles. The number of benzene rings is 1. The molecule has 0 amide bonds. The Balaban J connectivity index is 1.45. The first kappa shape index (κ1) is 24.8. The van der Waals surface area contributed by atoms with E-state index in [-0.39, 0.29) is 29.8 Å². The number of carbonyl (C=O) groups excluding carboxylic acids is 1. The molecule has 0 N–H and O–H groups in total. The van der Waals surface area contributed by atoms with Gasteiger partial charge in [0.15, 0.2) is 0 Å². The minimum absolute atomic E-state index is 0.0252. The van der Waals surface area contributed by atoms with Gasteiger partial charge < -0.3 is 4.84 Å². The van der Waals surface area contributed by atoms with Crippen molar-refractivity contribution in [2.45, 2.75) is 64.4 Å². The van der Waals surface area contributed by atoms with Crippen molar-refractivity contribution in [2.75, 3.05) is 0 Å². The fourth-order valence-electron chi connectivity index (χ4n) is 6.47. The SMILES string of the molecule is CC1=NOC(C)C1c1cnc2c(c1)CC(C(C(=O)C(C)C1CC1)c1ccccc1)CC=C2c1cnn(C)c1. The Labute approximate surface area is 224 Å². The molecule has 3 heterocycles. The molecule has 0 saturated heterocycles. The van der Waals surface area contributed by atoms with Crippen LogP contribution in [0.3, 0.4) is 0 Å². The van der Waals surface area contributed by atoms with Gasteiger partial charge in [-0.15, -0.1) is 0 Å². The summed E-state index contributed by atoms with van der Waals surface area (Å²) in [6.45, 7) is 6.22. The van der Waals surface area contributed by atoms with Gasteiger partial charge in [-0.1, -0.05) is 54.6 Å². The molecule has 6 heteroatoms. The molecule has 5 unspecified atom stereocenters. The van der Waals surface area contributed by atoms with Crippen molar-refractivity contribution in [3.05, 3.63) is 89.0 Å². The Kier molecular flexibility index (Phi) is 6.50. The number of carbonyl (C=O) groups is 1. The maximum Gasteiger partial charge on any atom is 0.143 e. The van der Waals surface area contributed by atoms with Crippen molar-refractivity contribution < 1.29 is 9.63 Å². The zero-order valence-electron chi connectivity index (χ0n) is 22.7. The van der Waals surface area contributed by atoms with Gasteiger partial charge in [0.05, 0.1) is 23.5 Å². The van der Waals surface area contributed by atoms with Crippen molar-refractivity contribution in [1.29, 1.82) is 0 Å². The number of aryl methyl sites for hydroxylation is 1. The van der Waals surface area contributed by atoms with Crippen molar-refractivity contribution in [3.63, 3.8) is 0 Å². The van der Waals surface area contributed by atoms with Crippen LogP contribution < -0.4 is 0 Å². The number of nitrogens with zero attached hydrogens (tertiary/aromatic N) is 4. The van der Waals surface area contributed by atoms with E-state index >= 15 is 0 Å². The van der Waals surface area contributed by atoms with Crippen molar-refractivity contribution in [3.8, 4) is 0 Å². The Morgan fingerprint density at radius 3 is 2.58 bits per heavy atom. The highest BCUT2D eigenvalue weighted by molar-refractivity contribution is 5.91. The zero-order valence-corrected chi connectivity index (χ0v) is 22.7. The summed E-state index contributed by atoms with van der Waals surface area (Å²) < 4.78 is 1.83. The van der Waals surface area contributed by atoms with Crippen molar-refractivity contribution >= 4 is 17.1 Å². The average molecular weight is 509 g/mol. The van der Waals surface area contributed by atoms with Gasteiger partial charge in [0.2, 0.25) is 0 Å². The smallest absolute Gasteiger partial charge is 0.143 e. The van der Waals surface area contributed by atoms with Crippen LogP contribution in [0.25, 0.3) is 5.57 Å². The molecule has 6 nitrogen and oxygen atoms in total. The molecule has 1 saturated carbocycles. The summed E-state index contributed by atoms with van der Waals surface area (Å²) in [7, 11) is 1.94. The van der Waals surface area contributed by atoms with E-state index in [1.807, 2.05) is 43.3 Å². The summed E-state index contributed by atoms with van der Waals surface area (Å²) in [5.74, 6) is 1.08. The second-order valence-electron chi connectivity index (χ2n) is 11.4. The van der Waals surface area contributed by atoms with E-state index in [0.717, 1.165) is 46.5 Å². The summed E-state index contributed by atoms with van der Waals surface area (Å²) in [5, 5.41) is 8.68. The van der Waals surface area contributed by atoms with Gasteiger partial charge in [0, 0.05) is 42.4 Å². The molecule has 2 aliphatic carbocycles. The molecule has 0 radical (unpaired) electrons. The Hall–Kier alpha value is -3.54. The molecular formula is C32H36N4O2. The molecular weight excluding hydrogens is 472 g/mol. The van der Waals surface area contributed by atoms with E-state index in [1.165, 1.54) is 18.4 Å². The Morgan fingerprint density at radius 1 is 1.13 bits per heavy atom. The lowest BCUT2D eigenvalue weighted by Crippen LogP contribution is -2.29. The minimum atomic E-state index is -0.148. The number of rotatable bonds is 7. The molecule has 1 fully saturated rings. The molecule has 196 valence electrons. The van der Waals surface area contributed by atoms with Gasteiger partial charge in [-0.05, 0) is 68.1 Å². The van der Waals surface area contributed by atoms with E-state index < -0.39 is 0 Å². The highest BCUT2D eigenvalue weighted by atomic mass is 16.6. The number of oxime groups is 1. The number of aromatic nitrogens is 3. The quantitative estimate of drug-likeness (QED) is 0.387. The number of allylic oxidation sites excluding steroid dienone is 1. The van der Waals surface area contributed by atoms with Crippen LogP contribution in [0.1, 0.15) is 79.8 Å². The third-order valence-corrected chi connectivity index (χ3v) is 8.72. The van der Waals surface area contributed by atoms with Crippen LogP contribution in [0.15, 0.2) is 66.2 Å².